The number of halogens is 2. The smallest absolute Gasteiger partial charge is 0.269 e. The molecule has 1 amide bonds. The SMILES string of the molecule is Cn1c(CNC(=O)c2ccc(Cl)cc2Cl)nnc1SCc1ccc([N+](=O)[O-])cc1. The van der Waals surface area contributed by atoms with Gasteiger partial charge in [-0.1, -0.05) is 47.1 Å². The minimum absolute atomic E-state index is 0.0521. The van der Waals surface area contributed by atoms with Crippen LogP contribution in [0.5, 0.6) is 0 Å². The molecule has 0 unspecified atom stereocenters. The Labute approximate surface area is 180 Å². The van der Waals surface area contributed by atoms with Crippen LogP contribution in [0.3, 0.4) is 0 Å². The monoisotopic (exact) mass is 451 g/mol. The second kappa shape index (κ2) is 9.25. The molecule has 0 saturated carbocycles. The van der Waals surface area contributed by atoms with Gasteiger partial charge in [0.25, 0.3) is 11.6 Å². The van der Waals surface area contributed by atoms with Crippen molar-refractivity contribution in [2.75, 3.05) is 0 Å². The largest absolute Gasteiger partial charge is 0.345 e. The summed E-state index contributed by atoms with van der Waals surface area (Å²) < 4.78 is 1.78. The first-order chi connectivity index (χ1) is 13.8. The maximum Gasteiger partial charge on any atom is 0.269 e. The van der Waals surface area contributed by atoms with Gasteiger partial charge in [0, 0.05) is 30.0 Å². The average Bonchev–Trinajstić information content (AvgIpc) is 3.04. The Morgan fingerprint density at radius 1 is 1.21 bits per heavy atom. The van der Waals surface area contributed by atoms with Crippen LogP contribution in [0.4, 0.5) is 5.69 Å². The minimum atomic E-state index is -0.433. The maximum absolute atomic E-state index is 12.3. The molecule has 0 radical (unpaired) electrons. The highest BCUT2D eigenvalue weighted by Crippen LogP contribution is 2.23. The number of nitro groups is 1. The fourth-order valence-electron chi connectivity index (χ4n) is 2.41. The van der Waals surface area contributed by atoms with Gasteiger partial charge in [-0.25, -0.2) is 0 Å². The van der Waals surface area contributed by atoms with E-state index in [9.17, 15) is 14.9 Å². The third kappa shape index (κ3) is 5.26. The van der Waals surface area contributed by atoms with Crippen molar-refractivity contribution in [3.05, 3.63) is 79.6 Å². The van der Waals surface area contributed by atoms with Crippen molar-refractivity contribution in [3.8, 4) is 0 Å². The van der Waals surface area contributed by atoms with E-state index in [0.29, 0.717) is 27.3 Å². The van der Waals surface area contributed by atoms with Crippen molar-refractivity contribution in [2.45, 2.75) is 17.5 Å². The van der Waals surface area contributed by atoms with Gasteiger partial charge in [-0.05, 0) is 23.8 Å². The molecule has 0 aliphatic carbocycles. The Morgan fingerprint density at radius 3 is 2.59 bits per heavy atom. The zero-order valence-electron chi connectivity index (χ0n) is 15.1. The molecule has 1 N–H and O–H groups in total. The molecule has 0 aliphatic rings. The number of nitro benzene ring substituents is 1. The Hall–Kier alpha value is -2.62. The van der Waals surface area contributed by atoms with Crippen molar-refractivity contribution in [1.82, 2.24) is 20.1 Å². The quantitative estimate of drug-likeness (QED) is 0.327. The fourth-order valence-corrected chi connectivity index (χ4v) is 3.79. The number of carbonyl (C=O) groups excluding carboxylic acids is 1. The highest BCUT2D eigenvalue weighted by Gasteiger charge is 2.14. The molecule has 1 aromatic heterocycles. The standard InChI is InChI=1S/C18H15Cl2N5O3S/c1-24-16(9-21-17(26)14-7-4-12(19)8-15(14)20)22-23-18(24)29-10-11-2-5-13(6-3-11)25(27)28/h2-8H,9-10H2,1H3,(H,21,26). The molecular formula is C18H15Cl2N5O3S. The van der Waals surface area contributed by atoms with Crippen molar-refractivity contribution in [3.63, 3.8) is 0 Å². The zero-order valence-corrected chi connectivity index (χ0v) is 17.5. The summed E-state index contributed by atoms with van der Waals surface area (Å²) in [5.74, 6) is 0.820. The number of aromatic nitrogens is 3. The molecule has 3 aromatic rings. The summed E-state index contributed by atoms with van der Waals surface area (Å²) >= 11 is 13.3. The summed E-state index contributed by atoms with van der Waals surface area (Å²) in [5, 5.41) is 23.1. The van der Waals surface area contributed by atoms with Crippen molar-refractivity contribution in [2.24, 2.45) is 7.05 Å². The number of nitrogens with one attached hydrogen (secondary N) is 1. The fraction of sp³-hybridized carbons (Fsp3) is 0.167. The van der Waals surface area contributed by atoms with Crippen LogP contribution in [-0.2, 0) is 19.3 Å². The van der Waals surface area contributed by atoms with Crippen LogP contribution in [0.25, 0.3) is 0 Å². The number of thioether (sulfide) groups is 1. The molecular weight excluding hydrogens is 437 g/mol. The van der Waals surface area contributed by atoms with Gasteiger partial charge in [0.2, 0.25) is 0 Å². The second-order valence-corrected chi connectivity index (χ2v) is 7.76. The van der Waals surface area contributed by atoms with Gasteiger partial charge in [0.15, 0.2) is 11.0 Å². The molecule has 11 heteroatoms. The number of amides is 1. The van der Waals surface area contributed by atoms with Gasteiger partial charge < -0.3 is 9.88 Å². The van der Waals surface area contributed by atoms with Gasteiger partial charge in [0.1, 0.15) is 0 Å². The highest BCUT2D eigenvalue weighted by atomic mass is 35.5. The summed E-state index contributed by atoms with van der Waals surface area (Å²) in [6, 6.07) is 11.0. The number of benzene rings is 2. The van der Waals surface area contributed by atoms with E-state index < -0.39 is 4.92 Å². The molecule has 150 valence electrons. The summed E-state index contributed by atoms with van der Waals surface area (Å²) in [7, 11) is 1.80. The number of hydrogen-bond acceptors (Lipinski definition) is 6. The van der Waals surface area contributed by atoms with Crippen LogP contribution >= 0.6 is 35.0 Å². The van der Waals surface area contributed by atoms with Crippen LogP contribution in [0.15, 0.2) is 47.6 Å². The number of nitrogens with zero attached hydrogens (tertiary/aromatic N) is 4. The van der Waals surface area contributed by atoms with Crippen LogP contribution in [0, 0.1) is 10.1 Å². The Bertz CT molecular complexity index is 1060. The lowest BCUT2D eigenvalue weighted by atomic mass is 10.2. The van der Waals surface area contributed by atoms with Gasteiger partial charge in [-0.3, -0.25) is 14.9 Å². The summed E-state index contributed by atoms with van der Waals surface area (Å²) in [5.41, 5.74) is 1.30. The van der Waals surface area contributed by atoms with Crippen LogP contribution in [0.1, 0.15) is 21.7 Å². The second-order valence-electron chi connectivity index (χ2n) is 5.98. The van der Waals surface area contributed by atoms with Gasteiger partial charge in [-0.15, -0.1) is 10.2 Å². The maximum atomic E-state index is 12.3. The van der Waals surface area contributed by atoms with Gasteiger partial charge in [0.05, 0.1) is 22.1 Å². The molecule has 3 rings (SSSR count). The van der Waals surface area contributed by atoms with Crippen LogP contribution in [0.2, 0.25) is 10.0 Å². The first-order valence-electron chi connectivity index (χ1n) is 8.33. The number of rotatable bonds is 7. The molecule has 0 bridgehead atoms. The predicted octanol–water partition coefficient (Wildman–Crippen LogP) is 4.25. The van der Waals surface area contributed by atoms with Crippen molar-refractivity contribution >= 4 is 46.6 Å². The van der Waals surface area contributed by atoms with Crippen LogP contribution in [-0.4, -0.2) is 25.6 Å². The Kier molecular flexibility index (Phi) is 6.73. The summed E-state index contributed by atoms with van der Waals surface area (Å²) in [4.78, 5) is 22.6. The van der Waals surface area contributed by atoms with E-state index in [0.717, 1.165) is 5.56 Å². The summed E-state index contributed by atoms with van der Waals surface area (Å²) in [6.45, 7) is 0.180. The predicted molar refractivity (Wildman–Crippen MR) is 111 cm³/mol. The minimum Gasteiger partial charge on any atom is -0.345 e. The zero-order chi connectivity index (χ0) is 21.0. The van der Waals surface area contributed by atoms with Crippen molar-refractivity contribution in [1.29, 1.82) is 0 Å². The molecule has 2 aromatic carbocycles. The van der Waals surface area contributed by atoms with E-state index in [1.165, 1.54) is 30.0 Å². The molecule has 0 aliphatic heterocycles. The van der Waals surface area contributed by atoms with E-state index >= 15 is 0 Å². The van der Waals surface area contributed by atoms with Crippen LogP contribution < -0.4 is 5.32 Å². The molecule has 0 atom stereocenters. The normalized spacial score (nSPS) is 10.7. The van der Waals surface area contributed by atoms with E-state index in [4.69, 9.17) is 23.2 Å². The third-order valence-electron chi connectivity index (χ3n) is 4.02. The van der Waals surface area contributed by atoms with E-state index in [1.807, 2.05) is 0 Å². The highest BCUT2D eigenvalue weighted by molar-refractivity contribution is 7.98. The Morgan fingerprint density at radius 2 is 1.93 bits per heavy atom. The van der Waals surface area contributed by atoms with Gasteiger partial charge >= 0.3 is 0 Å². The summed E-state index contributed by atoms with van der Waals surface area (Å²) in [6.07, 6.45) is 0. The topological polar surface area (TPSA) is 103 Å². The molecule has 0 spiro atoms. The molecule has 0 saturated heterocycles. The number of non-ortho nitro benzene ring substituents is 1. The number of carbonyl (C=O) groups is 1. The van der Waals surface area contributed by atoms with Crippen molar-refractivity contribution < 1.29 is 9.72 Å². The lowest BCUT2D eigenvalue weighted by Crippen LogP contribution is -2.24. The first-order valence-corrected chi connectivity index (χ1v) is 10.1. The lowest BCUT2D eigenvalue weighted by molar-refractivity contribution is -0.384. The van der Waals surface area contributed by atoms with E-state index in [2.05, 4.69) is 15.5 Å². The number of hydrogen-bond donors (Lipinski definition) is 1. The Balaban J connectivity index is 1.59. The molecule has 8 nitrogen and oxygen atoms in total. The van der Waals surface area contributed by atoms with E-state index in [1.54, 1.807) is 35.9 Å². The molecule has 29 heavy (non-hydrogen) atoms. The van der Waals surface area contributed by atoms with E-state index in [-0.39, 0.29) is 23.2 Å². The average molecular weight is 452 g/mol. The lowest BCUT2D eigenvalue weighted by Gasteiger charge is -2.07. The van der Waals surface area contributed by atoms with Gasteiger partial charge in [-0.2, -0.15) is 0 Å². The first kappa shape index (κ1) is 21.1. The third-order valence-corrected chi connectivity index (χ3v) is 5.66. The molecule has 1 heterocycles. The molecule has 0 fully saturated rings.